The number of amides is 1. The lowest BCUT2D eigenvalue weighted by molar-refractivity contribution is -0.117. The molecule has 2 rings (SSSR count). The predicted octanol–water partition coefficient (Wildman–Crippen LogP) is 1.55. The first kappa shape index (κ1) is 18.3. The lowest BCUT2D eigenvalue weighted by Gasteiger charge is -2.29. The number of para-hydroxylation sites is 1. The summed E-state index contributed by atoms with van der Waals surface area (Å²) in [7, 11) is 3.17. The lowest BCUT2D eigenvalue weighted by atomic mass is 10.1. The standard InChI is InChI=1S/C18H26N2O4/c1-14(13-20-9-11-24-12-10-20)19-17(21)8-7-15-5-4-6-16(22-2)18(15)23-3/h4-8,14H,9-13H2,1-3H3,(H,19,21)/b8-7+. The first-order chi connectivity index (χ1) is 11.6. The Morgan fingerprint density at radius 1 is 1.33 bits per heavy atom. The summed E-state index contributed by atoms with van der Waals surface area (Å²) in [6, 6.07) is 5.63. The zero-order valence-corrected chi connectivity index (χ0v) is 14.6. The van der Waals surface area contributed by atoms with Crippen LogP contribution in [0.15, 0.2) is 24.3 Å². The largest absolute Gasteiger partial charge is 0.493 e. The third kappa shape index (κ3) is 5.25. The zero-order chi connectivity index (χ0) is 17.4. The maximum absolute atomic E-state index is 12.1. The highest BCUT2D eigenvalue weighted by molar-refractivity contribution is 5.92. The molecule has 0 spiro atoms. The summed E-state index contributed by atoms with van der Waals surface area (Å²) in [6.45, 7) is 6.18. The number of carbonyl (C=O) groups is 1. The maximum Gasteiger partial charge on any atom is 0.244 e. The number of rotatable bonds is 7. The number of ether oxygens (including phenoxy) is 3. The summed E-state index contributed by atoms with van der Waals surface area (Å²) in [6.07, 6.45) is 3.26. The van der Waals surface area contributed by atoms with Gasteiger partial charge in [-0.1, -0.05) is 12.1 Å². The Morgan fingerprint density at radius 3 is 2.75 bits per heavy atom. The molecular formula is C18H26N2O4. The van der Waals surface area contributed by atoms with Gasteiger partial charge in [-0.2, -0.15) is 0 Å². The second kappa shape index (κ2) is 9.30. The molecule has 0 aromatic heterocycles. The number of nitrogens with zero attached hydrogens (tertiary/aromatic N) is 1. The van der Waals surface area contributed by atoms with E-state index in [0.29, 0.717) is 11.5 Å². The molecule has 0 saturated carbocycles. The molecule has 1 aromatic rings. The Kier molecular flexibility index (Phi) is 7.08. The van der Waals surface area contributed by atoms with E-state index >= 15 is 0 Å². The van der Waals surface area contributed by atoms with Crippen LogP contribution in [0.4, 0.5) is 0 Å². The van der Waals surface area contributed by atoms with E-state index in [2.05, 4.69) is 10.2 Å². The van der Waals surface area contributed by atoms with Crippen molar-refractivity contribution < 1.29 is 19.0 Å². The third-order valence-corrected chi connectivity index (χ3v) is 3.87. The first-order valence-corrected chi connectivity index (χ1v) is 8.13. The van der Waals surface area contributed by atoms with Crippen LogP contribution < -0.4 is 14.8 Å². The van der Waals surface area contributed by atoms with E-state index in [4.69, 9.17) is 14.2 Å². The highest BCUT2D eigenvalue weighted by Crippen LogP contribution is 2.31. The molecule has 6 heteroatoms. The van der Waals surface area contributed by atoms with Crippen LogP contribution >= 0.6 is 0 Å². The van der Waals surface area contributed by atoms with Crippen molar-refractivity contribution in [3.05, 3.63) is 29.8 Å². The van der Waals surface area contributed by atoms with Gasteiger partial charge in [-0.05, 0) is 19.1 Å². The van der Waals surface area contributed by atoms with Crippen molar-refractivity contribution in [1.82, 2.24) is 10.2 Å². The van der Waals surface area contributed by atoms with Gasteiger partial charge >= 0.3 is 0 Å². The van der Waals surface area contributed by atoms with E-state index in [1.54, 1.807) is 20.3 Å². The smallest absolute Gasteiger partial charge is 0.244 e. The van der Waals surface area contributed by atoms with E-state index < -0.39 is 0 Å². The highest BCUT2D eigenvalue weighted by Gasteiger charge is 2.14. The molecule has 1 unspecified atom stereocenters. The van der Waals surface area contributed by atoms with Gasteiger partial charge in [0.15, 0.2) is 11.5 Å². The van der Waals surface area contributed by atoms with Crippen LogP contribution in [-0.2, 0) is 9.53 Å². The van der Waals surface area contributed by atoms with Crippen molar-refractivity contribution in [3.8, 4) is 11.5 Å². The van der Waals surface area contributed by atoms with Crippen LogP contribution in [0.2, 0.25) is 0 Å². The zero-order valence-electron chi connectivity index (χ0n) is 14.6. The van der Waals surface area contributed by atoms with Crippen molar-refractivity contribution in [3.63, 3.8) is 0 Å². The lowest BCUT2D eigenvalue weighted by Crippen LogP contribution is -2.45. The fourth-order valence-electron chi connectivity index (χ4n) is 2.72. The molecule has 0 aliphatic carbocycles. The normalized spacial score (nSPS) is 16.8. The number of hydrogen-bond donors (Lipinski definition) is 1. The topological polar surface area (TPSA) is 60.0 Å². The Labute approximate surface area is 143 Å². The Bertz CT molecular complexity index is 568. The van der Waals surface area contributed by atoms with E-state index in [1.165, 1.54) is 6.08 Å². The number of methoxy groups -OCH3 is 2. The molecule has 0 bridgehead atoms. The molecule has 1 aliphatic heterocycles. The van der Waals surface area contributed by atoms with Crippen LogP contribution in [0.25, 0.3) is 6.08 Å². The van der Waals surface area contributed by atoms with Crippen molar-refractivity contribution >= 4 is 12.0 Å². The SMILES string of the molecule is COc1cccc(/C=C/C(=O)NC(C)CN2CCOCC2)c1OC. The van der Waals surface area contributed by atoms with Crippen LogP contribution in [-0.4, -0.2) is 63.9 Å². The van der Waals surface area contributed by atoms with Gasteiger partial charge < -0.3 is 19.5 Å². The molecule has 1 N–H and O–H groups in total. The average Bonchev–Trinajstić information content (AvgIpc) is 2.60. The predicted molar refractivity (Wildman–Crippen MR) is 93.4 cm³/mol. The van der Waals surface area contributed by atoms with Gasteiger partial charge in [0.05, 0.1) is 27.4 Å². The molecule has 1 saturated heterocycles. The molecule has 1 aromatic carbocycles. The van der Waals surface area contributed by atoms with E-state index in [0.717, 1.165) is 38.4 Å². The minimum Gasteiger partial charge on any atom is -0.493 e. The summed E-state index contributed by atoms with van der Waals surface area (Å²) >= 11 is 0. The fraction of sp³-hybridized carbons (Fsp3) is 0.500. The Hall–Kier alpha value is -2.05. The molecular weight excluding hydrogens is 308 g/mol. The average molecular weight is 334 g/mol. The second-order valence-corrected chi connectivity index (χ2v) is 5.74. The summed E-state index contributed by atoms with van der Waals surface area (Å²) < 4.78 is 15.9. The van der Waals surface area contributed by atoms with Crippen LogP contribution in [0.1, 0.15) is 12.5 Å². The molecule has 1 aliphatic rings. The number of morpholine rings is 1. The van der Waals surface area contributed by atoms with Crippen molar-refractivity contribution in [2.75, 3.05) is 47.1 Å². The molecule has 24 heavy (non-hydrogen) atoms. The van der Waals surface area contributed by atoms with Gasteiger partial charge in [0.25, 0.3) is 0 Å². The van der Waals surface area contributed by atoms with E-state index in [-0.39, 0.29) is 11.9 Å². The second-order valence-electron chi connectivity index (χ2n) is 5.74. The minimum atomic E-state index is -0.124. The molecule has 1 heterocycles. The van der Waals surface area contributed by atoms with Crippen molar-refractivity contribution in [2.45, 2.75) is 13.0 Å². The molecule has 1 amide bonds. The van der Waals surface area contributed by atoms with Crippen LogP contribution in [0.5, 0.6) is 11.5 Å². The molecule has 0 radical (unpaired) electrons. The fourth-order valence-corrected chi connectivity index (χ4v) is 2.72. The van der Waals surface area contributed by atoms with Gasteiger partial charge in [-0.25, -0.2) is 0 Å². The van der Waals surface area contributed by atoms with E-state index in [1.807, 2.05) is 25.1 Å². The Morgan fingerprint density at radius 2 is 2.08 bits per heavy atom. The first-order valence-electron chi connectivity index (χ1n) is 8.13. The third-order valence-electron chi connectivity index (χ3n) is 3.87. The minimum absolute atomic E-state index is 0.0763. The van der Waals surface area contributed by atoms with Gasteiger partial charge in [0.2, 0.25) is 5.91 Å². The van der Waals surface area contributed by atoms with Crippen LogP contribution in [0, 0.1) is 0 Å². The van der Waals surface area contributed by atoms with Crippen molar-refractivity contribution in [1.29, 1.82) is 0 Å². The van der Waals surface area contributed by atoms with Crippen LogP contribution in [0.3, 0.4) is 0 Å². The Balaban J connectivity index is 1.90. The molecule has 1 atom stereocenters. The number of hydrogen-bond acceptors (Lipinski definition) is 5. The summed E-state index contributed by atoms with van der Waals surface area (Å²) in [5.41, 5.74) is 0.799. The number of nitrogens with one attached hydrogen (secondary N) is 1. The monoisotopic (exact) mass is 334 g/mol. The molecule has 132 valence electrons. The highest BCUT2D eigenvalue weighted by atomic mass is 16.5. The van der Waals surface area contributed by atoms with Gasteiger partial charge in [-0.3, -0.25) is 9.69 Å². The number of benzene rings is 1. The molecule has 6 nitrogen and oxygen atoms in total. The van der Waals surface area contributed by atoms with Crippen molar-refractivity contribution in [2.24, 2.45) is 0 Å². The summed E-state index contributed by atoms with van der Waals surface area (Å²) in [5, 5.41) is 2.98. The molecule has 1 fully saturated rings. The quantitative estimate of drug-likeness (QED) is 0.767. The van der Waals surface area contributed by atoms with Gasteiger partial charge in [-0.15, -0.1) is 0 Å². The summed E-state index contributed by atoms with van der Waals surface area (Å²) in [5.74, 6) is 1.13. The summed E-state index contributed by atoms with van der Waals surface area (Å²) in [4.78, 5) is 14.4. The van der Waals surface area contributed by atoms with E-state index in [9.17, 15) is 4.79 Å². The number of carbonyl (C=O) groups excluding carboxylic acids is 1. The maximum atomic E-state index is 12.1. The van der Waals surface area contributed by atoms with Gasteiger partial charge in [0, 0.05) is 37.3 Å². The van der Waals surface area contributed by atoms with Gasteiger partial charge in [0.1, 0.15) is 0 Å².